The van der Waals surface area contributed by atoms with E-state index in [0.29, 0.717) is 0 Å². The van der Waals surface area contributed by atoms with Crippen molar-refractivity contribution in [1.82, 2.24) is 4.90 Å². The molecule has 0 unspecified atom stereocenters. The summed E-state index contributed by atoms with van der Waals surface area (Å²) in [5.41, 5.74) is 0. The quantitative estimate of drug-likeness (QED) is 0.229. The molecular weight excluding hydrogens is 277 g/mol. The topological polar surface area (TPSA) is 3.24 Å². The normalized spacial score (nSPS) is 10.9. The summed E-state index contributed by atoms with van der Waals surface area (Å²) in [4.78, 5) is 2.30. The molecule has 0 heterocycles. The Bertz CT molecular complexity index is 183. The third kappa shape index (κ3) is 23.2. The van der Waals surface area contributed by atoms with Crippen LogP contribution < -0.4 is 0 Å². The molecule has 0 aliphatic carbocycles. The molecule has 0 atom stereocenters. The van der Waals surface area contributed by atoms with Gasteiger partial charge in [0.05, 0.1) is 0 Å². The average molecular weight is 322 g/mol. The van der Waals surface area contributed by atoms with E-state index < -0.39 is 0 Å². The van der Waals surface area contributed by atoms with E-state index in [1.54, 1.807) is 0 Å². The van der Waals surface area contributed by atoms with E-state index in [1.165, 1.54) is 109 Å². The van der Waals surface area contributed by atoms with Crippen LogP contribution in [0.15, 0.2) is 0 Å². The summed E-state index contributed by atoms with van der Waals surface area (Å²) in [6, 6.07) is 0. The maximum absolute atomic E-state index is 2.30. The van der Waals surface area contributed by atoms with E-state index in [-0.39, 0.29) is 29.6 Å². The second-order valence-corrected chi connectivity index (χ2v) is 7.11. The summed E-state index contributed by atoms with van der Waals surface area (Å²) in [6.07, 6.45) is 23.3. The zero-order valence-electron chi connectivity index (χ0n) is 15.5. The van der Waals surface area contributed by atoms with E-state index in [9.17, 15) is 0 Å². The Morgan fingerprint density at radius 2 is 0.727 bits per heavy atom. The van der Waals surface area contributed by atoms with Gasteiger partial charge in [0.15, 0.2) is 0 Å². The van der Waals surface area contributed by atoms with Gasteiger partial charge in [0.1, 0.15) is 0 Å². The van der Waals surface area contributed by atoms with Gasteiger partial charge >= 0.3 is 29.6 Å². The molecule has 0 aromatic heterocycles. The molecule has 0 saturated heterocycles. The van der Waals surface area contributed by atoms with Crippen LogP contribution in [0.25, 0.3) is 0 Å². The molecule has 0 aliphatic heterocycles. The predicted molar refractivity (Wildman–Crippen MR) is 105 cm³/mol. The van der Waals surface area contributed by atoms with Gasteiger partial charge < -0.3 is 4.90 Å². The van der Waals surface area contributed by atoms with Gasteiger partial charge in [-0.2, -0.15) is 0 Å². The van der Waals surface area contributed by atoms with E-state index in [0.717, 1.165) is 0 Å². The first-order valence-corrected chi connectivity index (χ1v) is 9.92. The number of hydrogen-bond donors (Lipinski definition) is 0. The van der Waals surface area contributed by atoms with Gasteiger partial charge in [-0.25, -0.2) is 0 Å². The molecule has 0 N–H and O–H groups in total. The molecule has 0 radical (unpaired) electrons. The van der Waals surface area contributed by atoms with Gasteiger partial charge in [-0.05, 0) is 27.1 Å². The Balaban J connectivity index is 0. The van der Waals surface area contributed by atoms with Crippen LogP contribution in [0.2, 0.25) is 0 Å². The van der Waals surface area contributed by atoms with Gasteiger partial charge in [0.2, 0.25) is 0 Å². The van der Waals surface area contributed by atoms with Crippen molar-refractivity contribution in [2.75, 3.05) is 20.6 Å². The third-order valence-corrected chi connectivity index (χ3v) is 4.46. The van der Waals surface area contributed by atoms with E-state index in [4.69, 9.17) is 0 Å². The van der Waals surface area contributed by atoms with Crippen LogP contribution in [0.4, 0.5) is 0 Å². The fourth-order valence-electron chi connectivity index (χ4n) is 2.98. The number of nitrogens with zero attached hydrogens (tertiary/aromatic N) is 1. The summed E-state index contributed by atoms with van der Waals surface area (Å²) in [5.74, 6) is 0. The molecule has 130 valence electrons. The zero-order valence-corrected chi connectivity index (χ0v) is 15.5. The van der Waals surface area contributed by atoms with Crippen LogP contribution in [0.3, 0.4) is 0 Å². The van der Waals surface area contributed by atoms with Crippen molar-refractivity contribution >= 4 is 29.6 Å². The summed E-state index contributed by atoms with van der Waals surface area (Å²) >= 11 is 0. The first-order valence-electron chi connectivity index (χ1n) is 9.92. The first-order chi connectivity index (χ1) is 10.3. The van der Waals surface area contributed by atoms with Crippen molar-refractivity contribution in [1.29, 1.82) is 0 Å². The Labute approximate surface area is 164 Å². The number of unbranched alkanes of at least 4 members (excludes halogenated alkanes) is 15. The third-order valence-electron chi connectivity index (χ3n) is 4.46. The van der Waals surface area contributed by atoms with Crippen molar-refractivity contribution in [3.05, 3.63) is 0 Å². The molecule has 22 heavy (non-hydrogen) atoms. The first kappa shape index (κ1) is 25.2. The molecule has 1 nitrogen and oxygen atoms in total. The number of rotatable bonds is 17. The Morgan fingerprint density at radius 3 is 1.00 bits per heavy atom. The molecular formula is C20H44NNa. The number of hydrogen-bond acceptors (Lipinski definition) is 1. The molecule has 0 amide bonds. The fraction of sp³-hybridized carbons (Fsp3) is 1.00. The SMILES string of the molecule is CCCCCCCCCCCCCCCCCCN(C)C.[NaH]. The standard InChI is InChI=1S/C20H43N.Na.H/c1-4-5-6-7-8-9-10-11-12-13-14-15-16-17-18-19-20-21(2)3;;/h4-20H2,1-3H3;;. The van der Waals surface area contributed by atoms with Gasteiger partial charge in [0, 0.05) is 0 Å². The van der Waals surface area contributed by atoms with Gasteiger partial charge in [0.25, 0.3) is 0 Å². The Hall–Kier alpha value is 0.960. The van der Waals surface area contributed by atoms with Crippen molar-refractivity contribution in [3.8, 4) is 0 Å². The average Bonchev–Trinajstić information content (AvgIpc) is 2.46. The van der Waals surface area contributed by atoms with Crippen molar-refractivity contribution in [2.45, 2.75) is 110 Å². The molecule has 0 aromatic rings. The Kier molecular flexibility index (Phi) is 25.2. The second-order valence-electron chi connectivity index (χ2n) is 7.11. The van der Waals surface area contributed by atoms with Gasteiger partial charge in [-0.3, -0.25) is 0 Å². The molecule has 0 bridgehead atoms. The van der Waals surface area contributed by atoms with Crippen molar-refractivity contribution in [2.24, 2.45) is 0 Å². The maximum atomic E-state index is 2.30. The molecule has 2 heteroatoms. The summed E-state index contributed by atoms with van der Waals surface area (Å²) in [6.45, 7) is 3.56. The molecule has 0 spiro atoms. The van der Waals surface area contributed by atoms with Crippen molar-refractivity contribution < 1.29 is 0 Å². The van der Waals surface area contributed by atoms with Gasteiger partial charge in [-0.1, -0.05) is 103 Å². The molecule has 0 aliphatic rings. The van der Waals surface area contributed by atoms with Crippen LogP contribution in [0.1, 0.15) is 110 Å². The predicted octanol–water partition coefficient (Wildman–Crippen LogP) is 6.16. The molecule has 0 aromatic carbocycles. The van der Waals surface area contributed by atoms with Crippen LogP contribution >= 0.6 is 0 Å². The van der Waals surface area contributed by atoms with Gasteiger partial charge in [-0.15, -0.1) is 0 Å². The summed E-state index contributed by atoms with van der Waals surface area (Å²) in [7, 11) is 4.34. The fourth-order valence-corrected chi connectivity index (χ4v) is 2.98. The zero-order chi connectivity index (χ0) is 15.6. The summed E-state index contributed by atoms with van der Waals surface area (Å²) in [5, 5.41) is 0. The second kappa shape index (κ2) is 22.0. The van der Waals surface area contributed by atoms with Crippen LogP contribution in [0, 0.1) is 0 Å². The van der Waals surface area contributed by atoms with E-state index >= 15 is 0 Å². The molecule has 0 rings (SSSR count). The van der Waals surface area contributed by atoms with Crippen molar-refractivity contribution in [3.63, 3.8) is 0 Å². The minimum atomic E-state index is 0. The van der Waals surface area contributed by atoms with Crippen LogP contribution in [0.5, 0.6) is 0 Å². The van der Waals surface area contributed by atoms with E-state index in [2.05, 4.69) is 25.9 Å². The summed E-state index contributed by atoms with van der Waals surface area (Å²) < 4.78 is 0. The molecule has 0 saturated carbocycles. The monoisotopic (exact) mass is 321 g/mol. The van der Waals surface area contributed by atoms with Crippen LogP contribution in [-0.4, -0.2) is 55.1 Å². The minimum absolute atomic E-state index is 0. The molecule has 0 fully saturated rings. The van der Waals surface area contributed by atoms with E-state index in [1.807, 2.05) is 0 Å². The Morgan fingerprint density at radius 1 is 0.455 bits per heavy atom. The van der Waals surface area contributed by atoms with Crippen LogP contribution in [-0.2, 0) is 0 Å².